The summed E-state index contributed by atoms with van der Waals surface area (Å²) in [4.78, 5) is 20.8. The Hall–Kier alpha value is -1.52. The SMILES string of the molecule is COC(=O)Cc1coc(=O)o1. The molecular weight excluding hydrogens is 152 g/mol. The Labute approximate surface area is 61.6 Å². The average molecular weight is 158 g/mol. The van der Waals surface area contributed by atoms with Crippen molar-refractivity contribution < 1.29 is 18.4 Å². The van der Waals surface area contributed by atoms with Crippen LogP contribution in [0.25, 0.3) is 0 Å². The lowest BCUT2D eigenvalue weighted by Gasteiger charge is -1.91. The number of carbonyl (C=O) groups excluding carboxylic acids is 1. The monoisotopic (exact) mass is 158 g/mol. The predicted octanol–water partition coefficient (Wildman–Crippen LogP) is -0.0517. The molecule has 11 heavy (non-hydrogen) atoms. The Morgan fingerprint density at radius 2 is 2.45 bits per heavy atom. The van der Waals surface area contributed by atoms with Gasteiger partial charge in [-0.15, -0.1) is 0 Å². The van der Waals surface area contributed by atoms with Crippen LogP contribution in [0.5, 0.6) is 0 Å². The van der Waals surface area contributed by atoms with Crippen molar-refractivity contribution >= 4 is 5.97 Å². The molecule has 0 saturated heterocycles. The fourth-order valence-corrected chi connectivity index (χ4v) is 0.561. The molecule has 0 unspecified atom stereocenters. The molecule has 5 nitrogen and oxygen atoms in total. The van der Waals surface area contributed by atoms with E-state index < -0.39 is 11.8 Å². The van der Waals surface area contributed by atoms with Gasteiger partial charge in [0.25, 0.3) is 0 Å². The van der Waals surface area contributed by atoms with Crippen molar-refractivity contribution in [1.29, 1.82) is 0 Å². The van der Waals surface area contributed by atoms with Crippen LogP contribution in [0, 0.1) is 0 Å². The van der Waals surface area contributed by atoms with E-state index in [1.807, 2.05) is 0 Å². The van der Waals surface area contributed by atoms with Crippen molar-refractivity contribution in [2.24, 2.45) is 0 Å². The molecule has 0 N–H and O–H groups in total. The molecule has 0 aliphatic heterocycles. The van der Waals surface area contributed by atoms with Gasteiger partial charge < -0.3 is 13.6 Å². The minimum Gasteiger partial charge on any atom is -0.469 e. The summed E-state index contributed by atoms with van der Waals surface area (Å²) in [7, 11) is 1.25. The van der Waals surface area contributed by atoms with Crippen molar-refractivity contribution in [3.8, 4) is 0 Å². The standard InChI is InChI=1S/C6H6O5/c1-9-5(7)2-4-3-10-6(8)11-4/h3H,2H2,1H3. The Balaban J connectivity index is 2.65. The summed E-state index contributed by atoms with van der Waals surface area (Å²) in [6, 6.07) is 0. The first-order valence-corrected chi connectivity index (χ1v) is 2.86. The molecule has 5 heteroatoms. The Morgan fingerprint density at radius 3 is 2.91 bits per heavy atom. The molecule has 0 amide bonds. The third kappa shape index (κ3) is 1.96. The Kier molecular flexibility index (Phi) is 2.10. The van der Waals surface area contributed by atoms with Crippen molar-refractivity contribution in [3.05, 3.63) is 22.6 Å². The second kappa shape index (κ2) is 3.05. The zero-order valence-corrected chi connectivity index (χ0v) is 5.83. The van der Waals surface area contributed by atoms with Gasteiger partial charge in [-0.25, -0.2) is 4.79 Å². The van der Waals surface area contributed by atoms with Crippen LogP contribution >= 0.6 is 0 Å². The van der Waals surface area contributed by atoms with E-state index in [0.29, 0.717) is 0 Å². The molecule has 0 bridgehead atoms. The van der Waals surface area contributed by atoms with E-state index in [-0.39, 0.29) is 12.2 Å². The number of carbonyl (C=O) groups is 1. The molecule has 1 heterocycles. The van der Waals surface area contributed by atoms with Crippen molar-refractivity contribution in [2.75, 3.05) is 7.11 Å². The van der Waals surface area contributed by atoms with Gasteiger partial charge in [-0.1, -0.05) is 0 Å². The molecule has 0 radical (unpaired) electrons. The first kappa shape index (κ1) is 7.59. The van der Waals surface area contributed by atoms with Crippen LogP contribution in [-0.4, -0.2) is 13.1 Å². The molecule has 1 aromatic rings. The number of rotatable bonds is 2. The van der Waals surface area contributed by atoms with Crippen molar-refractivity contribution in [3.63, 3.8) is 0 Å². The molecular formula is C6H6O5. The van der Waals surface area contributed by atoms with Gasteiger partial charge in [0.2, 0.25) is 0 Å². The highest BCUT2D eigenvalue weighted by Crippen LogP contribution is 1.96. The van der Waals surface area contributed by atoms with Gasteiger partial charge in [-0.05, 0) is 0 Å². The minimum absolute atomic E-state index is 0.0811. The lowest BCUT2D eigenvalue weighted by molar-refractivity contribution is -0.140. The molecule has 0 saturated carbocycles. The number of hydrogen-bond donors (Lipinski definition) is 0. The largest absolute Gasteiger partial charge is 0.518 e. The zero-order valence-electron chi connectivity index (χ0n) is 5.83. The van der Waals surface area contributed by atoms with Gasteiger partial charge in [-0.2, -0.15) is 0 Å². The summed E-state index contributed by atoms with van der Waals surface area (Å²) in [6.07, 6.45) is 1.00. The fourth-order valence-electron chi connectivity index (χ4n) is 0.561. The summed E-state index contributed by atoms with van der Waals surface area (Å²) in [5.41, 5.74) is 0. The Morgan fingerprint density at radius 1 is 1.73 bits per heavy atom. The summed E-state index contributed by atoms with van der Waals surface area (Å²) < 4.78 is 13.0. The lowest BCUT2D eigenvalue weighted by atomic mass is 10.4. The van der Waals surface area contributed by atoms with E-state index in [1.54, 1.807) is 0 Å². The number of ether oxygens (including phenoxy) is 1. The zero-order chi connectivity index (χ0) is 8.27. The maximum atomic E-state index is 10.6. The van der Waals surface area contributed by atoms with E-state index in [0.717, 1.165) is 6.26 Å². The second-order valence-corrected chi connectivity index (χ2v) is 1.81. The topological polar surface area (TPSA) is 69.7 Å². The first-order valence-electron chi connectivity index (χ1n) is 2.86. The second-order valence-electron chi connectivity index (χ2n) is 1.81. The molecule has 60 valence electrons. The average Bonchev–Trinajstić information content (AvgIpc) is 2.35. The van der Waals surface area contributed by atoms with Crippen LogP contribution in [-0.2, 0) is 16.0 Å². The van der Waals surface area contributed by atoms with Gasteiger partial charge >= 0.3 is 11.8 Å². The van der Waals surface area contributed by atoms with Crippen LogP contribution in [0.15, 0.2) is 19.9 Å². The van der Waals surface area contributed by atoms with Crippen molar-refractivity contribution in [2.45, 2.75) is 6.42 Å². The molecule has 0 aromatic carbocycles. The van der Waals surface area contributed by atoms with Gasteiger partial charge in [-0.3, -0.25) is 4.79 Å². The van der Waals surface area contributed by atoms with Crippen LogP contribution in [0.4, 0.5) is 0 Å². The van der Waals surface area contributed by atoms with Crippen LogP contribution in [0.3, 0.4) is 0 Å². The normalized spacial score (nSPS) is 9.55. The van der Waals surface area contributed by atoms with Gasteiger partial charge in [0.15, 0.2) is 5.76 Å². The number of esters is 1. The summed E-state index contributed by atoms with van der Waals surface area (Å²) >= 11 is 0. The van der Waals surface area contributed by atoms with Gasteiger partial charge in [0.05, 0.1) is 7.11 Å². The fraction of sp³-hybridized carbons (Fsp3) is 0.333. The van der Waals surface area contributed by atoms with E-state index in [1.165, 1.54) is 7.11 Å². The molecule has 0 atom stereocenters. The van der Waals surface area contributed by atoms with Crippen LogP contribution < -0.4 is 5.82 Å². The molecule has 0 aliphatic rings. The maximum absolute atomic E-state index is 10.6. The van der Waals surface area contributed by atoms with E-state index in [9.17, 15) is 9.59 Å². The minimum atomic E-state index is -0.816. The van der Waals surface area contributed by atoms with Crippen LogP contribution in [0.2, 0.25) is 0 Å². The van der Waals surface area contributed by atoms with E-state index in [2.05, 4.69) is 13.6 Å². The smallest absolute Gasteiger partial charge is 0.469 e. The quantitative estimate of drug-likeness (QED) is 0.564. The van der Waals surface area contributed by atoms with Crippen LogP contribution in [0.1, 0.15) is 5.76 Å². The Bertz CT molecular complexity index is 294. The summed E-state index contributed by atoms with van der Waals surface area (Å²) in [5, 5.41) is 0. The third-order valence-electron chi connectivity index (χ3n) is 1.05. The molecule has 0 aliphatic carbocycles. The van der Waals surface area contributed by atoms with Crippen molar-refractivity contribution in [1.82, 2.24) is 0 Å². The molecule has 0 spiro atoms. The molecule has 1 aromatic heterocycles. The third-order valence-corrected chi connectivity index (χ3v) is 1.05. The molecule has 0 fully saturated rings. The number of hydrogen-bond acceptors (Lipinski definition) is 5. The highest BCUT2D eigenvalue weighted by molar-refractivity contribution is 5.71. The molecule has 1 rings (SSSR count). The summed E-state index contributed by atoms with van der Waals surface area (Å²) in [5.74, 6) is -1.12. The lowest BCUT2D eigenvalue weighted by Crippen LogP contribution is -2.03. The number of methoxy groups -OCH3 is 1. The van der Waals surface area contributed by atoms with E-state index in [4.69, 9.17) is 0 Å². The summed E-state index contributed by atoms with van der Waals surface area (Å²) in [6.45, 7) is 0. The predicted molar refractivity (Wildman–Crippen MR) is 33.0 cm³/mol. The maximum Gasteiger partial charge on any atom is 0.518 e. The van der Waals surface area contributed by atoms with E-state index >= 15 is 0 Å². The van der Waals surface area contributed by atoms with Gasteiger partial charge in [0.1, 0.15) is 12.7 Å². The first-order chi connectivity index (χ1) is 5.22. The highest BCUT2D eigenvalue weighted by atomic mass is 16.6. The highest BCUT2D eigenvalue weighted by Gasteiger charge is 2.07. The van der Waals surface area contributed by atoms with Gasteiger partial charge in [0, 0.05) is 0 Å².